The highest BCUT2D eigenvalue weighted by Gasteiger charge is 2.19. The first kappa shape index (κ1) is 13.2. The van der Waals surface area contributed by atoms with Crippen molar-refractivity contribution >= 4 is 0 Å². The highest BCUT2D eigenvalue weighted by Crippen LogP contribution is 2.25. The lowest BCUT2D eigenvalue weighted by Crippen LogP contribution is -2.10. The lowest BCUT2D eigenvalue weighted by Gasteiger charge is -2.14. The molecule has 2 rings (SSSR count). The smallest absolute Gasteiger partial charge is 0.259 e. The third-order valence-corrected chi connectivity index (χ3v) is 2.51. The summed E-state index contributed by atoms with van der Waals surface area (Å²) in [6.07, 6.45) is 0.647. The van der Waals surface area contributed by atoms with Crippen LogP contribution in [-0.2, 0) is 6.42 Å². The Bertz CT molecular complexity index is 635. The van der Waals surface area contributed by atoms with Gasteiger partial charge in [0.2, 0.25) is 0 Å². The van der Waals surface area contributed by atoms with Crippen LogP contribution in [0.1, 0.15) is 32.2 Å². The van der Waals surface area contributed by atoms with Crippen LogP contribution < -0.4 is 0 Å². The Labute approximate surface area is 110 Å². The molecule has 0 aliphatic carbocycles. The Hall–Kier alpha value is -2.22. The van der Waals surface area contributed by atoms with Crippen LogP contribution in [0.25, 0.3) is 11.5 Å². The van der Waals surface area contributed by atoms with Crippen LogP contribution in [0, 0.1) is 22.6 Å². The second-order valence-electron chi connectivity index (χ2n) is 5.53. The minimum absolute atomic E-state index is 0.0289. The van der Waals surface area contributed by atoms with E-state index in [9.17, 15) is 4.39 Å². The molecule has 0 amide bonds. The molecule has 0 radical (unpaired) electrons. The number of aromatic nitrogens is 2. The Morgan fingerprint density at radius 2 is 2.11 bits per heavy atom. The van der Waals surface area contributed by atoms with Gasteiger partial charge < -0.3 is 4.52 Å². The normalized spacial score (nSPS) is 11.3. The van der Waals surface area contributed by atoms with Gasteiger partial charge in [0.1, 0.15) is 17.4 Å². The highest BCUT2D eigenvalue weighted by molar-refractivity contribution is 5.63. The van der Waals surface area contributed by atoms with E-state index in [1.807, 2.05) is 6.07 Å². The molecule has 0 aliphatic rings. The first-order valence-electron chi connectivity index (χ1n) is 5.92. The molecule has 0 saturated heterocycles. The molecule has 0 saturated carbocycles. The second-order valence-corrected chi connectivity index (χ2v) is 5.53. The molecular weight excluding hydrogens is 245 g/mol. The zero-order chi connectivity index (χ0) is 14.0. The maximum atomic E-state index is 13.5. The summed E-state index contributed by atoms with van der Waals surface area (Å²) >= 11 is 0. The van der Waals surface area contributed by atoms with Crippen molar-refractivity contribution in [3.05, 3.63) is 35.4 Å². The number of hydrogen-bond donors (Lipinski definition) is 0. The van der Waals surface area contributed by atoms with Gasteiger partial charge in [-0.1, -0.05) is 32.0 Å². The molecule has 0 unspecified atom stereocenters. The fraction of sp³-hybridized carbons (Fsp3) is 0.357. The zero-order valence-electron chi connectivity index (χ0n) is 11.1. The van der Waals surface area contributed by atoms with Crippen LogP contribution in [0.4, 0.5) is 4.39 Å². The minimum Gasteiger partial charge on any atom is -0.334 e. The van der Waals surface area contributed by atoms with Gasteiger partial charge in [-0.05, 0) is 17.5 Å². The SMILES string of the molecule is CC(C)(C)Cc1noc(-c2cccc(F)c2C#N)n1. The minimum atomic E-state index is -0.587. The predicted octanol–water partition coefficient (Wildman–Crippen LogP) is 3.34. The number of benzene rings is 1. The maximum absolute atomic E-state index is 13.5. The van der Waals surface area contributed by atoms with E-state index in [0.717, 1.165) is 0 Å². The van der Waals surface area contributed by atoms with Crippen LogP contribution in [0.3, 0.4) is 0 Å². The van der Waals surface area contributed by atoms with E-state index in [2.05, 4.69) is 30.9 Å². The largest absolute Gasteiger partial charge is 0.334 e. The van der Waals surface area contributed by atoms with Crippen LogP contribution in [0.5, 0.6) is 0 Å². The molecule has 4 nitrogen and oxygen atoms in total. The summed E-state index contributed by atoms with van der Waals surface area (Å²) in [4.78, 5) is 4.22. The number of rotatable bonds is 2. The second kappa shape index (κ2) is 4.81. The summed E-state index contributed by atoms with van der Waals surface area (Å²) in [5.74, 6) is 0.140. The molecule has 0 aliphatic heterocycles. The van der Waals surface area contributed by atoms with E-state index in [4.69, 9.17) is 9.78 Å². The van der Waals surface area contributed by atoms with Gasteiger partial charge in [0, 0.05) is 6.42 Å². The Morgan fingerprint density at radius 3 is 2.74 bits per heavy atom. The number of halogens is 1. The van der Waals surface area contributed by atoms with Gasteiger partial charge >= 0.3 is 0 Å². The molecule has 1 aromatic carbocycles. The average Bonchev–Trinajstić information content (AvgIpc) is 2.74. The quantitative estimate of drug-likeness (QED) is 0.829. The lowest BCUT2D eigenvalue weighted by molar-refractivity contribution is 0.374. The van der Waals surface area contributed by atoms with E-state index < -0.39 is 5.82 Å². The molecule has 0 bridgehead atoms. The molecule has 1 heterocycles. The van der Waals surface area contributed by atoms with Crippen molar-refractivity contribution in [2.45, 2.75) is 27.2 Å². The fourth-order valence-electron chi connectivity index (χ4n) is 1.73. The predicted molar refractivity (Wildman–Crippen MR) is 67.6 cm³/mol. The third kappa shape index (κ3) is 2.97. The van der Waals surface area contributed by atoms with Gasteiger partial charge in [-0.15, -0.1) is 0 Å². The van der Waals surface area contributed by atoms with Gasteiger partial charge in [-0.2, -0.15) is 10.2 Å². The van der Waals surface area contributed by atoms with E-state index in [-0.39, 0.29) is 16.9 Å². The van der Waals surface area contributed by atoms with Crippen molar-refractivity contribution in [3.8, 4) is 17.5 Å². The van der Waals surface area contributed by atoms with Gasteiger partial charge in [0.25, 0.3) is 5.89 Å². The average molecular weight is 259 g/mol. The summed E-state index contributed by atoms with van der Waals surface area (Å²) in [5.41, 5.74) is 0.282. The van der Waals surface area contributed by atoms with Crippen molar-refractivity contribution in [1.82, 2.24) is 10.1 Å². The Kier molecular flexibility index (Phi) is 3.34. The van der Waals surface area contributed by atoms with Gasteiger partial charge in [-0.3, -0.25) is 0 Å². The van der Waals surface area contributed by atoms with Crippen LogP contribution in [0.15, 0.2) is 22.7 Å². The molecule has 0 N–H and O–H groups in total. The first-order valence-corrected chi connectivity index (χ1v) is 5.92. The maximum Gasteiger partial charge on any atom is 0.259 e. The standard InChI is InChI=1S/C14H14FN3O/c1-14(2,3)7-12-17-13(19-18-12)9-5-4-6-11(15)10(9)8-16/h4-6H,7H2,1-3H3. The molecule has 98 valence electrons. The molecule has 5 heteroatoms. The van der Waals surface area contributed by atoms with Crippen LogP contribution in [0.2, 0.25) is 0 Å². The summed E-state index contributed by atoms with van der Waals surface area (Å²) in [7, 11) is 0. The summed E-state index contributed by atoms with van der Waals surface area (Å²) in [6, 6.07) is 6.15. The molecule has 0 atom stereocenters. The molecule has 1 aromatic heterocycles. The van der Waals surface area contributed by atoms with Gasteiger partial charge in [-0.25, -0.2) is 4.39 Å². The van der Waals surface area contributed by atoms with Crippen molar-refractivity contribution in [2.24, 2.45) is 5.41 Å². The number of nitrogens with zero attached hydrogens (tertiary/aromatic N) is 3. The van der Waals surface area contributed by atoms with Gasteiger partial charge in [0.05, 0.1) is 5.56 Å². The molecular formula is C14H14FN3O. The monoisotopic (exact) mass is 259 g/mol. The van der Waals surface area contributed by atoms with E-state index in [0.29, 0.717) is 17.8 Å². The van der Waals surface area contributed by atoms with Crippen molar-refractivity contribution in [3.63, 3.8) is 0 Å². The van der Waals surface area contributed by atoms with Gasteiger partial charge in [0.15, 0.2) is 5.82 Å². The number of nitriles is 1. The molecule has 2 aromatic rings. The van der Waals surface area contributed by atoms with Crippen LogP contribution >= 0.6 is 0 Å². The van der Waals surface area contributed by atoms with Crippen molar-refractivity contribution in [2.75, 3.05) is 0 Å². The van der Waals surface area contributed by atoms with Crippen molar-refractivity contribution < 1.29 is 8.91 Å². The number of hydrogen-bond acceptors (Lipinski definition) is 4. The third-order valence-electron chi connectivity index (χ3n) is 2.51. The van der Waals surface area contributed by atoms with Crippen molar-refractivity contribution in [1.29, 1.82) is 5.26 Å². The molecule has 19 heavy (non-hydrogen) atoms. The first-order chi connectivity index (χ1) is 8.90. The Morgan fingerprint density at radius 1 is 1.37 bits per heavy atom. The summed E-state index contributed by atoms with van der Waals surface area (Å²) < 4.78 is 18.6. The van der Waals surface area contributed by atoms with E-state index in [1.165, 1.54) is 12.1 Å². The highest BCUT2D eigenvalue weighted by atomic mass is 19.1. The molecule has 0 fully saturated rings. The van der Waals surface area contributed by atoms with E-state index in [1.54, 1.807) is 6.07 Å². The summed E-state index contributed by atoms with van der Waals surface area (Å²) in [6.45, 7) is 6.18. The Balaban J connectivity index is 2.39. The lowest BCUT2D eigenvalue weighted by atomic mass is 9.92. The summed E-state index contributed by atoms with van der Waals surface area (Å²) in [5, 5.41) is 12.8. The topological polar surface area (TPSA) is 62.7 Å². The fourth-order valence-corrected chi connectivity index (χ4v) is 1.73. The van der Waals surface area contributed by atoms with E-state index >= 15 is 0 Å². The van der Waals surface area contributed by atoms with Crippen LogP contribution in [-0.4, -0.2) is 10.1 Å². The zero-order valence-corrected chi connectivity index (χ0v) is 11.1. The molecule has 0 spiro atoms.